The van der Waals surface area contributed by atoms with Crippen molar-refractivity contribution in [2.75, 3.05) is 19.6 Å². The summed E-state index contributed by atoms with van der Waals surface area (Å²) in [5, 5.41) is 0. The summed E-state index contributed by atoms with van der Waals surface area (Å²) in [6, 6.07) is 0. The van der Waals surface area contributed by atoms with Gasteiger partial charge in [0.05, 0.1) is 0 Å². The summed E-state index contributed by atoms with van der Waals surface area (Å²) in [6.45, 7) is 10.1. The lowest BCUT2D eigenvalue weighted by atomic mass is 9.93. The summed E-state index contributed by atoms with van der Waals surface area (Å²) in [5.74, 6) is 0.866. The van der Waals surface area contributed by atoms with Crippen molar-refractivity contribution in [3.63, 3.8) is 0 Å². The van der Waals surface area contributed by atoms with Crippen LogP contribution in [0.25, 0.3) is 0 Å². The van der Waals surface area contributed by atoms with Gasteiger partial charge in [0.15, 0.2) is 0 Å². The van der Waals surface area contributed by atoms with Crippen molar-refractivity contribution >= 4 is 0 Å². The van der Waals surface area contributed by atoms with Crippen molar-refractivity contribution in [2.24, 2.45) is 11.7 Å². The predicted molar refractivity (Wildman–Crippen MR) is 62.3 cm³/mol. The van der Waals surface area contributed by atoms with Crippen molar-refractivity contribution in [1.29, 1.82) is 0 Å². The van der Waals surface area contributed by atoms with Crippen LogP contribution < -0.4 is 5.73 Å². The van der Waals surface area contributed by atoms with E-state index in [1.165, 1.54) is 38.8 Å². The molecule has 1 rings (SSSR count). The highest BCUT2D eigenvalue weighted by atomic mass is 15.2. The highest BCUT2D eigenvalue weighted by molar-refractivity contribution is 5.00. The maximum atomic E-state index is 5.97. The molecule has 1 fully saturated rings. The third-order valence-electron chi connectivity index (χ3n) is 3.58. The second-order valence-corrected chi connectivity index (χ2v) is 4.82. The van der Waals surface area contributed by atoms with Gasteiger partial charge in [0.25, 0.3) is 0 Å². The summed E-state index contributed by atoms with van der Waals surface area (Å²) >= 11 is 0. The van der Waals surface area contributed by atoms with Crippen LogP contribution in [0.2, 0.25) is 0 Å². The first-order valence-electron chi connectivity index (χ1n) is 6.14. The van der Waals surface area contributed by atoms with Gasteiger partial charge in [0, 0.05) is 12.1 Å². The van der Waals surface area contributed by atoms with Crippen LogP contribution >= 0.6 is 0 Å². The molecular weight excluding hydrogens is 172 g/mol. The minimum Gasteiger partial charge on any atom is -0.329 e. The van der Waals surface area contributed by atoms with Gasteiger partial charge in [-0.1, -0.05) is 13.8 Å². The molecule has 2 heteroatoms. The zero-order valence-corrected chi connectivity index (χ0v) is 10.1. The van der Waals surface area contributed by atoms with E-state index in [-0.39, 0.29) is 5.54 Å². The molecule has 0 bridgehead atoms. The fourth-order valence-electron chi connectivity index (χ4n) is 2.42. The zero-order valence-electron chi connectivity index (χ0n) is 10.1. The van der Waals surface area contributed by atoms with Crippen LogP contribution in [0.4, 0.5) is 0 Å². The van der Waals surface area contributed by atoms with E-state index >= 15 is 0 Å². The normalized spacial score (nSPS) is 21.2. The van der Waals surface area contributed by atoms with Crippen LogP contribution in [0.15, 0.2) is 0 Å². The van der Waals surface area contributed by atoms with Gasteiger partial charge in [-0.2, -0.15) is 0 Å². The predicted octanol–water partition coefficient (Wildman–Crippen LogP) is 2.24. The fraction of sp³-hybridized carbons (Fsp3) is 1.00. The molecule has 1 unspecified atom stereocenters. The Kier molecular flexibility index (Phi) is 4.39. The minimum atomic E-state index is 0.284. The van der Waals surface area contributed by atoms with E-state index < -0.39 is 0 Å². The quantitative estimate of drug-likeness (QED) is 0.680. The summed E-state index contributed by atoms with van der Waals surface area (Å²) in [7, 11) is 0. The lowest BCUT2D eigenvalue weighted by Crippen LogP contribution is -2.53. The Morgan fingerprint density at radius 2 is 1.71 bits per heavy atom. The van der Waals surface area contributed by atoms with Gasteiger partial charge in [0.1, 0.15) is 0 Å². The molecule has 0 heterocycles. The Hall–Kier alpha value is -0.0800. The van der Waals surface area contributed by atoms with Crippen molar-refractivity contribution in [3.8, 4) is 0 Å². The van der Waals surface area contributed by atoms with Crippen LogP contribution in [0.5, 0.6) is 0 Å². The molecule has 1 aliphatic rings. The van der Waals surface area contributed by atoms with Gasteiger partial charge >= 0.3 is 0 Å². The van der Waals surface area contributed by atoms with Crippen LogP contribution in [-0.4, -0.2) is 30.1 Å². The van der Waals surface area contributed by atoms with E-state index in [1.807, 2.05) is 0 Å². The van der Waals surface area contributed by atoms with Crippen molar-refractivity contribution in [2.45, 2.75) is 52.0 Å². The van der Waals surface area contributed by atoms with E-state index in [1.54, 1.807) is 0 Å². The molecule has 1 aliphatic carbocycles. The molecule has 0 radical (unpaired) electrons. The Balaban J connectivity index is 2.60. The molecular formula is C12H26N2. The van der Waals surface area contributed by atoms with E-state index in [0.29, 0.717) is 0 Å². The molecule has 0 spiro atoms. The van der Waals surface area contributed by atoms with Gasteiger partial charge in [-0.3, -0.25) is 4.90 Å². The van der Waals surface area contributed by atoms with Crippen LogP contribution in [-0.2, 0) is 0 Å². The molecule has 0 amide bonds. The van der Waals surface area contributed by atoms with Gasteiger partial charge in [-0.15, -0.1) is 0 Å². The van der Waals surface area contributed by atoms with Gasteiger partial charge < -0.3 is 5.73 Å². The van der Waals surface area contributed by atoms with Crippen LogP contribution in [0.3, 0.4) is 0 Å². The average molecular weight is 198 g/mol. The second-order valence-electron chi connectivity index (χ2n) is 4.82. The number of hydrogen-bond donors (Lipinski definition) is 1. The average Bonchev–Trinajstić information content (AvgIpc) is 3.00. The summed E-state index contributed by atoms with van der Waals surface area (Å²) in [6.07, 6.45) is 5.25. The standard InChI is InChI=1S/C12H26N2/c1-4-8-14(9-5-2)12(3,10-13)11-6-7-11/h11H,4-10,13H2,1-3H3. The maximum absolute atomic E-state index is 5.97. The zero-order chi connectivity index (χ0) is 10.6. The SMILES string of the molecule is CCCN(CCC)C(C)(CN)C1CC1. The topological polar surface area (TPSA) is 29.3 Å². The first kappa shape index (κ1) is 12.0. The third-order valence-corrected chi connectivity index (χ3v) is 3.58. The number of hydrogen-bond acceptors (Lipinski definition) is 2. The third kappa shape index (κ3) is 2.48. The van der Waals surface area contributed by atoms with E-state index in [9.17, 15) is 0 Å². The molecule has 2 N–H and O–H groups in total. The Bertz CT molecular complexity index is 160. The maximum Gasteiger partial charge on any atom is 0.0331 e. The van der Waals surface area contributed by atoms with Crippen molar-refractivity contribution in [3.05, 3.63) is 0 Å². The molecule has 2 nitrogen and oxygen atoms in total. The Labute approximate surface area is 88.8 Å². The lowest BCUT2D eigenvalue weighted by Gasteiger charge is -2.41. The molecule has 1 atom stereocenters. The van der Waals surface area contributed by atoms with Gasteiger partial charge in [0.2, 0.25) is 0 Å². The summed E-state index contributed by atoms with van der Waals surface area (Å²) in [5.41, 5.74) is 6.25. The first-order chi connectivity index (χ1) is 6.69. The van der Waals surface area contributed by atoms with Crippen LogP contribution in [0.1, 0.15) is 46.5 Å². The summed E-state index contributed by atoms with van der Waals surface area (Å²) in [4.78, 5) is 2.62. The van der Waals surface area contributed by atoms with Crippen LogP contribution in [0, 0.1) is 5.92 Å². The molecule has 1 saturated carbocycles. The monoisotopic (exact) mass is 198 g/mol. The van der Waals surface area contributed by atoms with Gasteiger partial charge in [-0.25, -0.2) is 0 Å². The smallest absolute Gasteiger partial charge is 0.0331 e. The van der Waals surface area contributed by atoms with Crippen molar-refractivity contribution < 1.29 is 0 Å². The number of nitrogens with zero attached hydrogens (tertiary/aromatic N) is 1. The van der Waals surface area contributed by atoms with Crippen molar-refractivity contribution in [1.82, 2.24) is 4.90 Å². The van der Waals surface area contributed by atoms with E-state index in [2.05, 4.69) is 25.7 Å². The summed E-state index contributed by atoms with van der Waals surface area (Å²) < 4.78 is 0. The lowest BCUT2D eigenvalue weighted by molar-refractivity contribution is 0.0889. The highest BCUT2D eigenvalue weighted by Gasteiger charge is 2.43. The van der Waals surface area contributed by atoms with E-state index in [4.69, 9.17) is 5.73 Å². The molecule has 0 aliphatic heterocycles. The Morgan fingerprint density at radius 1 is 1.21 bits per heavy atom. The molecule has 0 saturated heterocycles. The first-order valence-corrected chi connectivity index (χ1v) is 6.14. The second kappa shape index (κ2) is 5.13. The molecule has 84 valence electrons. The molecule has 0 aromatic carbocycles. The molecule has 0 aromatic heterocycles. The Morgan fingerprint density at radius 3 is 2.00 bits per heavy atom. The highest BCUT2D eigenvalue weighted by Crippen LogP contribution is 2.42. The number of rotatable bonds is 7. The minimum absolute atomic E-state index is 0.284. The van der Waals surface area contributed by atoms with Gasteiger partial charge in [-0.05, 0) is 51.6 Å². The molecule has 14 heavy (non-hydrogen) atoms. The molecule has 0 aromatic rings. The van der Waals surface area contributed by atoms with E-state index in [0.717, 1.165) is 12.5 Å². The fourth-order valence-corrected chi connectivity index (χ4v) is 2.42. The number of nitrogens with two attached hydrogens (primary N) is 1. The largest absolute Gasteiger partial charge is 0.329 e.